The van der Waals surface area contributed by atoms with Crippen LogP contribution in [0.2, 0.25) is 0 Å². The Labute approximate surface area is 108 Å². The summed E-state index contributed by atoms with van der Waals surface area (Å²) in [5.74, 6) is 1.44. The molecule has 1 aromatic rings. The van der Waals surface area contributed by atoms with Crippen LogP contribution in [0.5, 0.6) is 11.5 Å². The van der Waals surface area contributed by atoms with Gasteiger partial charge in [0.05, 0.1) is 18.1 Å². The highest BCUT2D eigenvalue weighted by Gasteiger charge is 2.14. The lowest BCUT2D eigenvalue weighted by molar-refractivity contribution is -0.384. The molecule has 0 saturated heterocycles. The lowest BCUT2D eigenvalue weighted by atomic mass is 10.3. The molecule has 1 rings (SSSR count). The number of nitro benzene ring substituents is 1. The summed E-state index contributed by atoms with van der Waals surface area (Å²) in [6.07, 6.45) is 0. The number of benzene rings is 1. The molecule has 7 heteroatoms. The van der Waals surface area contributed by atoms with Crippen LogP contribution in [0.3, 0.4) is 0 Å². The second-order valence-corrected chi connectivity index (χ2v) is 4.74. The number of ether oxygens (including phenoxy) is 2. The van der Waals surface area contributed by atoms with E-state index >= 15 is 0 Å². The molecule has 0 heterocycles. The van der Waals surface area contributed by atoms with Gasteiger partial charge < -0.3 is 9.47 Å². The molecule has 5 nitrogen and oxygen atoms in total. The van der Waals surface area contributed by atoms with Gasteiger partial charge in [-0.25, -0.2) is 0 Å². The van der Waals surface area contributed by atoms with Crippen molar-refractivity contribution in [3.05, 3.63) is 28.3 Å². The van der Waals surface area contributed by atoms with E-state index in [2.05, 4.69) is 0 Å². The lowest BCUT2D eigenvalue weighted by Crippen LogP contribution is -2.02. The van der Waals surface area contributed by atoms with E-state index in [1.54, 1.807) is 0 Å². The van der Waals surface area contributed by atoms with Crippen LogP contribution < -0.4 is 9.47 Å². The Kier molecular flexibility index (Phi) is 5.17. The van der Waals surface area contributed by atoms with Crippen molar-refractivity contribution >= 4 is 34.0 Å². The topological polar surface area (TPSA) is 61.6 Å². The monoisotopic (exact) mass is 273 g/mol. The normalized spacial score (nSPS) is 9.76. The van der Waals surface area contributed by atoms with Crippen molar-refractivity contribution in [1.82, 2.24) is 0 Å². The van der Waals surface area contributed by atoms with Gasteiger partial charge in [0.2, 0.25) is 4.38 Å². The maximum absolute atomic E-state index is 10.6. The molecule has 1 aromatic carbocycles. The second-order valence-electron chi connectivity index (χ2n) is 2.88. The first-order valence-corrected chi connectivity index (χ1v) is 6.15. The molecule has 0 unspecified atom stereocenters. The SMILES string of the molecule is CCSC(=S)Oc1cc([N+](=O)[O-])ccc1OC. The number of nitro groups is 1. The third-order valence-electron chi connectivity index (χ3n) is 1.81. The minimum atomic E-state index is -0.498. The summed E-state index contributed by atoms with van der Waals surface area (Å²) in [5, 5.41) is 10.6. The van der Waals surface area contributed by atoms with Crippen molar-refractivity contribution in [3.8, 4) is 11.5 Å². The number of hydrogen-bond acceptors (Lipinski definition) is 6. The van der Waals surface area contributed by atoms with E-state index < -0.39 is 4.92 Å². The summed E-state index contributed by atoms with van der Waals surface area (Å²) in [5.41, 5.74) is -0.0647. The quantitative estimate of drug-likeness (QED) is 0.477. The molecule has 92 valence electrons. The zero-order valence-electron chi connectivity index (χ0n) is 9.34. The fraction of sp³-hybridized carbons (Fsp3) is 0.300. The van der Waals surface area contributed by atoms with Crippen LogP contribution in [0.1, 0.15) is 6.92 Å². The summed E-state index contributed by atoms with van der Waals surface area (Å²) in [6, 6.07) is 4.12. The maximum atomic E-state index is 10.6. The highest BCUT2D eigenvalue weighted by atomic mass is 32.2. The fourth-order valence-electron chi connectivity index (χ4n) is 1.10. The molecule has 0 saturated carbocycles. The molecule has 0 fully saturated rings. The van der Waals surface area contributed by atoms with Gasteiger partial charge in [-0.1, -0.05) is 18.7 Å². The molecule has 17 heavy (non-hydrogen) atoms. The van der Waals surface area contributed by atoms with E-state index in [1.807, 2.05) is 6.92 Å². The van der Waals surface area contributed by atoms with E-state index in [9.17, 15) is 10.1 Å². The first-order valence-electron chi connectivity index (χ1n) is 4.75. The van der Waals surface area contributed by atoms with Crippen LogP contribution in [0.25, 0.3) is 0 Å². The van der Waals surface area contributed by atoms with Gasteiger partial charge in [-0.15, -0.1) is 0 Å². The second kappa shape index (κ2) is 6.41. The van der Waals surface area contributed by atoms with Crippen molar-refractivity contribution in [2.45, 2.75) is 6.92 Å². The number of methoxy groups -OCH3 is 1. The van der Waals surface area contributed by atoms with Crippen LogP contribution in [0, 0.1) is 10.1 Å². The number of non-ortho nitro benzene ring substituents is 1. The fourth-order valence-corrected chi connectivity index (χ4v) is 1.92. The first-order chi connectivity index (χ1) is 8.08. The molecule has 0 radical (unpaired) electrons. The maximum Gasteiger partial charge on any atom is 0.273 e. The number of hydrogen-bond donors (Lipinski definition) is 0. The number of nitrogens with zero attached hydrogens (tertiary/aromatic N) is 1. The third-order valence-corrected chi connectivity index (χ3v) is 2.86. The van der Waals surface area contributed by atoms with Crippen LogP contribution in [-0.4, -0.2) is 22.2 Å². The standard InChI is InChI=1S/C10H11NO4S2/c1-3-17-10(16)15-9-6-7(11(12)13)4-5-8(9)14-2/h4-6H,3H2,1-2H3. The van der Waals surface area contributed by atoms with Gasteiger partial charge in [-0.2, -0.15) is 0 Å². The highest BCUT2D eigenvalue weighted by molar-refractivity contribution is 8.22. The van der Waals surface area contributed by atoms with Crippen molar-refractivity contribution < 1.29 is 14.4 Å². The Morgan fingerprint density at radius 2 is 2.24 bits per heavy atom. The zero-order chi connectivity index (χ0) is 12.8. The molecule has 0 N–H and O–H groups in total. The largest absolute Gasteiger partial charge is 0.493 e. The van der Waals surface area contributed by atoms with E-state index in [0.717, 1.165) is 5.75 Å². The molecule has 0 amide bonds. The molecule has 0 aliphatic heterocycles. The average molecular weight is 273 g/mol. The molecule has 0 atom stereocenters. The number of thiocarbonyl (C=S) groups is 1. The van der Waals surface area contributed by atoms with Crippen molar-refractivity contribution in [1.29, 1.82) is 0 Å². The molecule has 0 aromatic heterocycles. The van der Waals surface area contributed by atoms with E-state index in [1.165, 1.54) is 37.1 Å². The molecular formula is C10H11NO4S2. The van der Waals surface area contributed by atoms with Crippen molar-refractivity contribution in [2.75, 3.05) is 12.9 Å². The van der Waals surface area contributed by atoms with Crippen LogP contribution in [-0.2, 0) is 0 Å². The predicted molar refractivity (Wildman–Crippen MR) is 71.0 cm³/mol. The summed E-state index contributed by atoms with van der Waals surface area (Å²) < 4.78 is 10.7. The Morgan fingerprint density at radius 3 is 2.76 bits per heavy atom. The van der Waals surface area contributed by atoms with Crippen molar-refractivity contribution in [2.24, 2.45) is 0 Å². The molecule has 0 bridgehead atoms. The highest BCUT2D eigenvalue weighted by Crippen LogP contribution is 2.32. The Morgan fingerprint density at radius 1 is 1.53 bits per heavy atom. The smallest absolute Gasteiger partial charge is 0.273 e. The van der Waals surface area contributed by atoms with E-state index in [0.29, 0.717) is 10.1 Å². The Bertz CT molecular complexity index is 436. The molecular weight excluding hydrogens is 262 g/mol. The van der Waals surface area contributed by atoms with Gasteiger partial charge in [-0.05, 0) is 24.0 Å². The van der Waals surface area contributed by atoms with Gasteiger partial charge in [-0.3, -0.25) is 10.1 Å². The van der Waals surface area contributed by atoms with Crippen LogP contribution in [0.15, 0.2) is 18.2 Å². The Hall–Kier alpha value is -1.34. The van der Waals surface area contributed by atoms with Crippen LogP contribution >= 0.6 is 24.0 Å². The van der Waals surface area contributed by atoms with Crippen molar-refractivity contribution in [3.63, 3.8) is 0 Å². The van der Waals surface area contributed by atoms with Gasteiger partial charge in [0.15, 0.2) is 11.5 Å². The van der Waals surface area contributed by atoms with Crippen LogP contribution in [0.4, 0.5) is 5.69 Å². The van der Waals surface area contributed by atoms with E-state index in [4.69, 9.17) is 21.7 Å². The Balaban J connectivity index is 2.97. The number of thioether (sulfide) groups is 1. The number of rotatable bonds is 4. The third kappa shape index (κ3) is 3.86. The van der Waals surface area contributed by atoms with E-state index in [-0.39, 0.29) is 11.4 Å². The summed E-state index contributed by atoms with van der Waals surface area (Å²) in [6.45, 7) is 1.94. The molecule has 0 aliphatic rings. The lowest BCUT2D eigenvalue weighted by Gasteiger charge is -2.09. The first kappa shape index (κ1) is 13.7. The molecule has 0 spiro atoms. The van der Waals surface area contributed by atoms with Gasteiger partial charge in [0, 0.05) is 6.07 Å². The minimum Gasteiger partial charge on any atom is -0.493 e. The minimum absolute atomic E-state index is 0.0647. The summed E-state index contributed by atoms with van der Waals surface area (Å²) in [7, 11) is 1.46. The summed E-state index contributed by atoms with van der Waals surface area (Å²) in [4.78, 5) is 10.1. The molecule has 0 aliphatic carbocycles. The van der Waals surface area contributed by atoms with Gasteiger partial charge in [0.1, 0.15) is 0 Å². The zero-order valence-corrected chi connectivity index (χ0v) is 11.0. The van der Waals surface area contributed by atoms with Gasteiger partial charge >= 0.3 is 0 Å². The average Bonchev–Trinajstić information content (AvgIpc) is 2.29. The summed E-state index contributed by atoms with van der Waals surface area (Å²) >= 11 is 6.31. The van der Waals surface area contributed by atoms with Gasteiger partial charge in [0.25, 0.3) is 5.69 Å². The predicted octanol–water partition coefficient (Wildman–Crippen LogP) is 3.02.